The fraction of sp³-hybridized carbons (Fsp3) is 0.381. The Hall–Kier alpha value is -2.04. The molecule has 0 aliphatic carbocycles. The zero-order valence-electron chi connectivity index (χ0n) is 15.5. The Kier molecular flexibility index (Phi) is 7.49. The summed E-state index contributed by atoms with van der Waals surface area (Å²) in [5.74, 6) is 0.494. The first-order valence-electron chi connectivity index (χ1n) is 8.72. The molecular weight excluding hydrogens is 350 g/mol. The summed E-state index contributed by atoms with van der Waals surface area (Å²) in [5.41, 5.74) is 1.29. The Morgan fingerprint density at radius 3 is 2.50 bits per heavy atom. The zero-order chi connectivity index (χ0) is 19.0. The van der Waals surface area contributed by atoms with E-state index in [9.17, 15) is 4.79 Å². The summed E-state index contributed by atoms with van der Waals surface area (Å²) in [6.07, 6.45) is 0.742. The van der Waals surface area contributed by atoms with Crippen LogP contribution >= 0.6 is 11.6 Å². The van der Waals surface area contributed by atoms with E-state index in [0.29, 0.717) is 36.3 Å². The van der Waals surface area contributed by atoms with E-state index < -0.39 is 5.41 Å². The van der Waals surface area contributed by atoms with Gasteiger partial charge in [0.05, 0.1) is 25.5 Å². The van der Waals surface area contributed by atoms with Crippen LogP contribution in [-0.4, -0.2) is 19.1 Å². The van der Waals surface area contributed by atoms with E-state index in [0.717, 1.165) is 12.0 Å². The molecule has 0 bridgehead atoms. The summed E-state index contributed by atoms with van der Waals surface area (Å²) < 4.78 is 11.4. The van der Waals surface area contributed by atoms with Gasteiger partial charge in [-0.3, -0.25) is 4.79 Å². The summed E-state index contributed by atoms with van der Waals surface area (Å²) in [5, 5.41) is 3.46. The first-order chi connectivity index (χ1) is 12.4. The minimum atomic E-state index is -0.484. The Labute approximate surface area is 160 Å². The first-order valence-corrected chi connectivity index (χ1v) is 9.09. The normalized spacial score (nSPS) is 11.2. The van der Waals surface area contributed by atoms with Crippen LogP contribution in [0.4, 0.5) is 5.69 Å². The highest BCUT2D eigenvalue weighted by Gasteiger charge is 2.22. The van der Waals surface area contributed by atoms with Gasteiger partial charge in [-0.2, -0.15) is 0 Å². The fourth-order valence-electron chi connectivity index (χ4n) is 2.14. The molecule has 0 heterocycles. The average Bonchev–Trinajstić information content (AvgIpc) is 2.60. The van der Waals surface area contributed by atoms with Crippen molar-refractivity contribution in [2.24, 2.45) is 5.41 Å². The van der Waals surface area contributed by atoms with Gasteiger partial charge in [-0.25, -0.2) is 0 Å². The second kappa shape index (κ2) is 9.60. The number of amides is 1. The molecule has 0 aliphatic heterocycles. The maximum absolute atomic E-state index is 12.2. The van der Waals surface area contributed by atoms with Gasteiger partial charge >= 0.3 is 0 Å². The number of hydrogen-bond acceptors (Lipinski definition) is 3. The van der Waals surface area contributed by atoms with E-state index in [1.807, 2.05) is 51.1 Å². The van der Waals surface area contributed by atoms with Gasteiger partial charge in [0.2, 0.25) is 5.91 Å². The number of nitrogens with one attached hydrogen (secondary N) is 1. The number of carbonyl (C=O) groups excluding carboxylic acids is 1. The van der Waals surface area contributed by atoms with Crippen molar-refractivity contribution in [3.05, 3.63) is 59.1 Å². The molecule has 0 radical (unpaired) electrons. The molecule has 26 heavy (non-hydrogen) atoms. The highest BCUT2D eigenvalue weighted by Crippen LogP contribution is 2.30. The molecule has 2 aromatic rings. The van der Waals surface area contributed by atoms with E-state index in [4.69, 9.17) is 21.1 Å². The second-order valence-corrected chi connectivity index (χ2v) is 7.52. The van der Waals surface area contributed by atoms with Crippen LogP contribution in [0.25, 0.3) is 0 Å². The van der Waals surface area contributed by atoms with Gasteiger partial charge < -0.3 is 14.8 Å². The highest BCUT2D eigenvalue weighted by molar-refractivity contribution is 6.30. The van der Waals surface area contributed by atoms with Crippen molar-refractivity contribution >= 4 is 23.2 Å². The van der Waals surface area contributed by atoms with Crippen LogP contribution in [-0.2, 0) is 16.1 Å². The lowest BCUT2D eigenvalue weighted by Gasteiger charge is -2.19. The molecule has 1 N–H and O–H groups in total. The molecule has 0 aliphatic rings. The van der Waals surface area contributed by atoms with Crippen LogP contribution in [0, 0.1) is 5.41 Å². The predicted molar refractivity (Wildman–Crippen MR) is 106 cm³/mol. The van der Waals surface area contributed by atoms with Crippen molar-refractivity contribution in [2.45, 2.75) is 33.8 Å². The Morgan fingerprint density at radius 2 is 1.81 bits per heavy atom. The van der Waals surface area contributed by atoms with Gasteiger partial charge in [0.1, 0.15) is 5.75 Å². The van der Waals surface area contributed by atoms with E-state index in [1.165, 1.54) is 0 Å². The SMILES string of the molecule is CC(C)(C)C(=O)Nc1ccc(Cl)cc1OCCCOCc1ccccc1. The Balaban J connectivity index is 1.81. The molecule has 0 aromatic heterocycles. The number of anilines is 1. The standard InChI is InChI=1S/C21H26ClNO3/c1-21(2,3)20(24)23-18-11-10-17(22)14-19(18)26-13-7-12-25-15-16-8-5-4-6-9-16/h4-6,8-11,14H,7,12-13,15H2,1-3H3,(H,23,24). The number of benzene rings is 2. The number of halogens is 1. The van der Waals surface area contributed by atoms with Gasteiger partial charge in [0, 0.05) is 22.9 Å². The van der Waals surface area contributed by atoms with Gasteiger partial charge in [-0.15, -0.1) is 0 Å². The van der Waals surface area contributed by atoms with Crippen molar-refractivity contribution in [3.63, 3.8) is 0 Å². The van der Waals surface area contributed by atoms with Crippen LogP contribution < -0.4 is 10.1 Å². The van der Waals surface area contributed by atoms with Crippen LogP contribution in [0.15, 0.2) is 48.5 Å². The Bertz CT molecular complexity index is 711. The van der Waals surface area contributed by atoms with E-state index in [-0.39, 0.29) is 5.91 Å². The molecule has 0 spiro atoms. The number of ether oxygens (including phenoxy) is 2. The lowest BCUT2D eigenvalue weighted by atomic mass is 9.95. The quantitative estimate of drug-likeness (QED) is 0.636. The van der Waals surface area contributed by atoms with Crippen molar-refractivity contribution in [1.29, 1.82) is 0 Å². The van der Waals surface area contributed by atoms with Crippen LogP contribution in [0.1, 0.15) is 32.8 Å². The number of carbonyl (C=O) groups is 1. The van der Waals surface area contributed by atoms with Crippen molar-refractivity contribution in [2.75, 3.05) is 18.5 Å². The smallest absolute Gasteiger partial charge is 0.229 e. The molecule has 1 amide bonds. The average molecular weight is 376 g/mol. The van der Waals surface area contributed by atoms with Gasteiger partial charge in [-0.05, 0) is 17.7 Å². The minimum absolute atomic E-state index is 0.0733. The van der Waals surface area contributed by atoms with Gasteiger partial charge in [0.15, 0.2) is 0 Å². The van der Waals surface area contributed by atoms with E-state index in [1.54, 1.807) is 18.2 Å². The topological polar surface area (TPSA) is 47.6 Å². The lowest BCUT2D eigenvalue weighted by molar-refractivity contribution is -0.123. The molecule has 0 fully saturated rings. The predicted octanol–water partition coefficient (Wildman–Crippen LogP) is 5.31. The molecular formula is C21H26ClNO3. The largest absolute Gasteiger partial charge is 0.491 e. The molecule has 2 aromatic carbocycles. The minimum Gasteiger partial charge on any atom is -0.491 e. The molecule has 0 saturated carbocycles. The second-order valence-electron chi connectivity index (χ2n) is 7.08. The molecule has 5 heteroatoms. The number of rotatable bonds is 8. The lowest BCUT2D eigenvalue weighted by Crippen LogP contribution is -2.27. The maximum atomic E-state index is 12.2. The maximum Gasteiger partial charge on any atom is 0.229 e. The molecule has 140 valence electrons. The summed E-state index contributed by atoms with van der Waals surface area (Å²) in [6.45, 7) is 7.26. The van der Waals surface area contributed by atoms with Crippen molar-refractivity contribution in [3.8, 4) is 5.75 Å². The molecule has 0 atom stereocenters. The third-order valence-corrected chi connectivity index (χ3v) is 3.91. The zero-order valence-corrected chi connectivity index (χ0v) is 16.3. The molecule has 0 unspecified atom stereocenters. The monoisotopic (exact) mass is 375 g/mol. The number of hydrogen-bond donors (Lipinski definition) is 1. The van der Waals surface area contributed by atoms with E-state index >= 15 is 0 Å². The summed E-state index contributed by atoms with van der Waals surface area (Å²) in [6, 6.07) is 15.2. The third kappa shape index (κ3) is 6.70. The summed E-state index contributed by atoms with van der Waals surface area (Å²) >= 11 is 6.06. The van der Waals surface area contributed by atoms with E-state index in [2.05, 4.69) is 5.32 Å². The van der Waals surface area contributed by atoms with Crippen LogP contribution in [0.3, 0.4) is 0 Å². The molecule has 4 nitrogen and oxygen atoms in total. The fourth-order valence-corrected chi connectivity index (χ4v) is 2.30. The van der Waals surface area contributed by atoms with Crippen molar-refractivity contribution in [1.82, 2.24) is 0 Å². The van der Waals surface area contributed by atoms with Gasteiger partial charge in [0.25, 0.3) is 0 Å². The van der Waals surface area contributed by atoms with Crippen LogP contribution in [0.2, 0.25) is 5.02 Å². The molecule has 2 rings (SSSR count). The Morgan fingerprint density at radius 1 is 1.08 bits per heavy atom. The summed E-state index contributed by atoms with van der Waals surface area (Å²) in [4.78, 5) is 12.2. The molecule has 0 saturated heterocycles. The third-order valence-electron chi connectivity index (χ3n) is 3.68. The van der Waals surface area contributed by atoms with Crippen LogP contribution in [0.5, 0.6) is 5.75 Å². The first kappa shape index (κ1) is 20.3. The van der Waals surface area contributed by atoms with Crippen molar-refractivity contribution < 1.29 is 14.3 Å². The summed E-state index contributed by atoms with van der Waals surface area (Å²) in [7, 11) is 0. The highest BCUT2D eigenvalue weighted by atomic mass is 35.5. The van der Waals surface area contributed by atoms with Gasteiger partial charge in [-0.1, -0.05) is 62.7 Å².